The molecule has 2 aromatic carbocycles. The number of hydrogen-bond donors (Lipinski definition) is 0. The lowest BCUT2D eigenvalue weighted by Crippen LogP contribution is -2.00. The molecule has 0 N–H and O–H groups in total. The second-order valence-electron chi connectivity index (χ2n) is 5.01. The second kappa shape index (κ2) is 4.13. The monoisotopic (exact) mass is 246 g/mol. The fourth-order valence-electron chi connectivity index (χ4n) is 2.85. The van der Waals surface area contributed by atoms with Crippen LogP contribution in [0.15, 0.2) is 72.5 Å². The van der Waals surface area contributed by atoms with Crippen molar-refractivity contribution in [3.63, 3.8) is 0 Å². The molecule has 1 aliphatic carbocycles. The Morgan fingerprint density at radius 3 is 2.74 bits per heavy atom. The minimum absolute atomic E-state index is 0.406. The Hall–Kier alpha value is -2.28. The quantitative estimate of drug-likeness (QED) is 0.710. The van der Waals surface area contributed by atoms with Crippen LogP contribution in [0.4, 0.5) is 0 Å². The van der Waals surface area contributed by atoms with Crippen LogP contribution < -0.4 is 4.74 Å². The molecule has 0 bridgehead atoms. The molecule has 1 heterocycles. The van der Waals surface area contributed by atoms with E-state index < -0.39 is 0 Å². The number of rotatable bonds is 1. The highest BCUT2D eigenvalue weighted by atomic mass is 16.5. The standard InChI is InChI=1S/C18H14O/c1-2-6-13(7-3-1)14-10-11-18-16(12-14)15-8-4-5-9-17(15)19-18/h1-7,9-12,15H,8H2. The molecule has 92 valence electrons. The average Bonchev–Trinajstić information content (AvgIpc) is 2.86. The summed E-state index contributed by atoms with van der Waals surface area (Å²) in [6.07, 6.45) is 7.41. The van der Waals surface area contributed by atoms with E-state index in [9.17, 15) is 0 Å². The smallest absolute Gasteiger partial charge is 0.130 e. The van der Waals surface area contributed by atoms with E-state index >= 15 is 0 Å². The Labute approximate surface area is 112 Å². The van der Waals surface area contributed by atoms with Gasteiger partial charge in [0, 0.05) is 11.5 Å². The van der Waals surface area contributed by atoms with Gasteiger partial charge in [-0.2, -0.15) is 0 Å². The third-order valence-corrected chi connectivity index (χ3v) is 3.83. The molecule has 1 unspecified atom stereocenters. The number of benzene rings is 2. The van der Waals surface area contributed by atoms with E-state index in [1.54, 1.807) is 0 Å². The van der Waals surface area contributed by atoms with Crippen LogP contribution in [0.25, 0.3) is 11.1 Å². The van der Waals surface area contributed by atoms with E-state index in [4.69, 9.17) is 4.74 Å². The molecular weight excluding hydrogens is 232 g/mol. The molecule has 1 heteroatoms. The molecular formula is C18H14O. The highest BCUT2D eigenvalue weighted by Gasteiger charge is 2.29. The Balaban J connectivity index is 1.80. The molecule has 1 atom stereocenters. The maximum atomic E-state index is 5.91. The summed E-state index contributed by atoms with van der Waals surface area (Å²) in [7, 11) is 0. The van der Waals surface area contributed by atoms with Crippen LogP contribution in [0.1, 0.15) is 17.9 Å². The second-order valence-corrected chi connectivity index (χ2v) is 5.01. The van der Waals surface area contributed by atoms with E-state index in [-0.39, 0.29) is 0 Å². The molecule has 19 heavy (non-hydrogen) atoms. The molecule has 0 radical (unpaired) electrons. The van der Waals surface area contributed by atoms with Crippen LogP contribution in [0.5, 0.6) is 5.75 Å². The van der Waals surface area contributed by atoms with Crippen molar-refractivity contribution >= 4 is 0 Å². The predicted octanol–water partition coefficient (Wildman–Crippen LogP) is 4.67. The summed E-state index contributed by atoms with van der Waals surface area (Å²) >= 11 is 0. The van der Waals surface area contributed by atoms with Crippen molar-refractivity contribution in [2.24, 2.45) is 0 Å². The van der Waals surface area contributed by atoms with Gasteiger partial charge in [-0.05, 0) is 35.8 Å². The number of hydrogen-bond acceptors (Lipinski definition) is 1. The van der Waals surface area contributed by atoms with E-state index in [1.807, 2.05) is 6.07 Å². The van der Waals surface area contributed by atoms with Gasteiger partial charge in [0.05, 0.1) is 0 Å². The molecule has 0 saturated heterocycles. The molecule has 2 aromatic rings. The maximum Gasteiger partial charge on any atom is 0.130 e. The van der Waals surface area contributed by atoms with Crippen molar-refractivity contribution in [1.82, 2.24) is 0 Å². The Kier molecular flexibility index (Phi) is 2.31. The van der Waals surface area contributed by atoms with Gasteiger partial charge in [-0.1, -0.05) is 48.6 Å². The summed E-state index contributed by atoms with van der Waals surface area (Å²) in [4.78, 5) is 0. The van der Waals surface area contributed by atoms with E-state index in [0.717, 1.165) is 17.9 Å². The molecule has 4 rings (SSSR count). The normalized spacial score (nSPS) is 19.4. The summed E-state index contributed by atoms with van der Waals surface area (Å²) in [5.74, 6) is 2.51. The zero-order valence-electron chi connectivity index (χ0n) is 10.5. The van der Waals surface area contributed by atoms with Crippen LogP contribution in [0.3, 0.4) is 0 Å². The highest BCUT2D eigenvalue weighted by molar-refractivity contribution is 5.67. The summed E-state index contributed by atoms with van der Waals surface area (Å²) < 4.78 is 5.91. The largest absolute Gasteiger partial charge is 0.461 e. The topological polar surface area (TPSA) is 9.23 Å². The van der Waals surface area contributed by atoms with Crippen molar-refractivity contribution in [3.05, 3.63) is 78.1 Å². The van der Waals surface area contributed by atoms with Crippen molar-refractivity contribution in [2.75, 3.05) is 0 Å². The van der Waals surface area contributed by atoms with Gasteiger partial charge >= 0.3 is 0 Å². The molecule has 1 nitrogen and oxygen atoms in total. The lowest BCUT2D eigenvalue weighted by Gasteiger charge is -2.11. The van der Waals surface area contributed by atoms with Gasteiger partial charge in [0.25, 0.3) is 0 Å². The zero-order valence-corrected chi connectivity index (χ0v) is 10.5. The lowest BCUT2D eigenvalue weighted by molar-refractivity contribution is 0.425. The van der Waals surface area contributed by atoms with Gasteiger partial charge in [-0.25, -0.2) is 0 Å². The van der Waals surface area contributed by atoms with E-state index in [1.165, 1.54) is 16.7 Å². The van der Waals surface area contributed by atoms with Crippen molar-refractivity contribution in [3.8, 4) is 16.9 Å². The lowest BCUT2D eigenvalue weighted by atomic mass is 9.90. The summed E-state index contributed by atoms with van der Waals surface area (Å²) in [6, 6.07) is 17.0. The summed E-state index contributed by atoms with van der Waals surface area (Å²) in [6.45, 7) is 0. The molecule has 0 fully saturated rings. The summed E-state index contributed by atoms with van der Waals surface area (Å²) in [5.41, 5.74) is 3.84. The van der Waals surface area contributed by atoms with Gasteiger partial charge in [-0.15, -0.1) is 0 Å². The summed E-state index contributed by atoms with van der Waals surface area (Å²) in [5, 5.41) is 0. The average molecular weight is 246 g/mol. The van der Waals surface area contributed by atoms with E-state index in [2.05, 4.69) is 60.7 Å². The number of fused-ring (bicyclic) bond motifs is 3. The zero-order chi connectivity index (χ0) is 12.7. The molecule has 0 amide bonds. The fraction of sp³-hybridized carbons (Fsp3) is 0.111. The minimum Gasteiger partial charge on any atom is -0.461 e. The molecule has 0 aromatic heterocycles. The SMILES string of the molecule is C1=CCC2C(=C1)Oc1ccc(-c3ccccc3)cc12. The van der Waals surface area contributed by atoms with Gasteiger partial charge in [0.1, 0.15) is 11.5 Å². The highest BCUT2D eigenvalue weighted by Crippen LogP contribution is 2.45. The molecule has 1 aliphatic heterocycles. The van der Waals surface area contributed by atoms with Crippen molar-refractivity contribution in [2.45, 2.75) is 12.3 Å². The Morgan fingerprint density at radius 2 is 1.84 bits per heavy atom. The number of allylic oxidation sites excluding steroid dienone is 4. The molecule has 2 aliphatic rings. The first-order valence-corrected chi connectivity index (χ1v) is 6.66. The number of ether oxygens (including phenoxy) is 1. The maximum absolute atomic E-state index is 5.91. The van der Waals surface area contributed by atoms with Gasteiger partial charge in [0.2, 0.25) is 0 Å². The first kappa shape index (κ1) is 10.6. The van der Waals surface area contributed by atoms with Crippen molar-refractivity contribution in [1.29, 1.82) is 0 Å². The van der Waals surface area contributed by atoms with Crippen molar-refractivity contribution < 1.29 is 4.74 Å². The first-order chi connectivity index (χ1) is 9.42. The van der Waals surface area contributed by atoms with Gasteiger partial charge in [-0.3, -0.25) is 0 Å². The Bertz CT molecular complexity index is 680. The first-order valence-electron chi connectivity index (χ1n) is 6.66. The van der Waals surface area contributed by atoms with Gasteiger partial charge < -0.3 is 4.74 Å². The minimum atomic E-state index is 0.406. The van der Waals surface area contributed by atoms with Crippen LogP contribution >= 0.6 is 0 Å². The van der Waals surface area contributed by atoms with Gasteiger partial charge in [0.15, 0.2) is 0 Å². The molecule has 0 saturated carbocycles. The fourth-order valence-corrected chi connectivity index (χ4v) is 2.85. The molecule has 0 spiro atoms. The third kappa shape index (κ3) is 1.70. The third-order valence-electron chi connectivity index (χ3n) is 3.83. The Morgan fingerprint density at radius 1 is 0.947 bits per heavy atom. The predicted molar refractivity (Wildman–Crippen MR) is 77.1 cm³/mol. The van der Waals surface area contributed by atoms with Crippen LogP contribution in [0, 0.1) is 0 Å². The van der Waals surface area contributed by atoms with Crippen LogP contribution in [-0.4, -0.2) is 0 Å². The van der Waals surface area contributed by atoms with E-state index in [0.29, 0.717) is 5.92 Å². The van der Waals surface area contributed by atoms with Crippen LogP contribution in [-0.2, 0) is 0 Å². The van der Waals surface area contributed by atoms with Crippen LogP contribution in [0.2, 0.25) is 0 Å².